The van der Waals surface area contributed by atoms with E-state index in [2.05, 4.69) is 10.4 Å². The van der Waals surface area contributed by atoms with Gasteiger partial charge in [0.05, 0.1) is 18.6 Å². The summed E-state index contributed by atoms with van der Waals surface area (Å²) in [4.78, 5) is 4.19. The van der Waals surface area contributed by atoms with E-state index in [1.807, 2.05) is 6.07 Å². The highest BCUT2D eigenvalue weighted by Gasteiger charge is 2.16. The summed E-state index contributed by atoms with van der Waals surface area (Å²) in [7, 11) is 0. The molecule has 0 radical (unpaired) electrons. The van der Waals surface area contributed by atoms with Crippen LogP contribution in [0.5, 0.6) is 0 Å². The maximum Gasteiger partial charge on any atom is 0.191 e. The van der Waals surface area contributed by atoms with Crippen LogP contribution in [0.1, 0.15) is 23.2 Å². The van der Waals surface area contributed by atoms with Gasteiger partial charge in [-0.05, 0) is 6.07 Å². The predicted molar refractivity (Wildman–Crippen MR) is 49.1 cm³/mol. The average molecular weight is 193 g/mol. The highest BCUT2D eigenvalue weighted by atomic mass is 16.3. The summed E-state index contributed by atoms with van der Waals surface area (Å²) in [6.45, 7) is 1.78. The normalized spacial score (nSPS) is 13.0. The number of aromatic nitrogens is 1. The topological polar surface area (TPSA) is 77.2 Å². The molecule has 2 rings (SSSR count). The van der Waals surface area contributed by atoms with Gasteiger partial charge in [0.15, 0.2) is 5.89 Å². The van der Waals surface area contributed by atoms with Crippen LogP contribution in [-0.4, -0.2) is 4.98 Å². The molecule has 3 N–H and O–H groups in total. The van der Waals surface area contributed by atoms with Crippen LogP contribution in [-0.2, 0) is 0 Å². The van der Waals surface area contributed by atoms with Gasteiger partial charge in [0.1, 0.15) is 12.0 Å². The molecule has 0 saturated carbocycles. The van der Waals surface area contributed by atoms with Crippen molar-refractivity contribution >= 4 is 0 Å². The molecule has 0 saturated heterocycles. The summed E-state index contributed by atoms with van der Waals surface area (Å²) in [5, 5.41) is 0. The molecule has 14 heavy (non-hydrogen) atoms. The molecule has 2 heterocycles. The second-order valence-electron chi connectivity index (χ2n) is 2.95. The summed E-state index contributed by atoms with van der Waals surface area (Å²) in [6, 6.07) is 1.64. The minimum absolute atomic E-state index is 0.189. The molecule has 2 aromatic rings. The first-order valence-electron chi connectivity index (χ1n) is 4.21. The standard InChI is InChI=1S/C9H11N3O2/c1-6-11-8(5-14-6)9(12-10)7-2-3-13-4-7/h2-5,9,12H,10H2,1H3. The number of nitrogens with one attached hydrogen (secondary N) is 1. The monoisotopic (exact) mass is 193 g/mol. The minimum Gasteiger partial charge on any atom is -0.472 e. The van der Waals surface area contributed by atoms with Crippen molar-refractivity contribution in [1.82, 2.24) is 10.4 Å². The van der Waals surface area contributed by atoms with E-state index in [1.165, 1.54) is 0 Å². The Hall–Kier alpha value is -1.59. The second kappa shape index (κ2) is 3.65. The third-order valence-electron chi connectivity index (χ3n) is 1.98. The number of nitrogens with zero attached hydrogens (tertiary/aromatic N) is 1. The van der Waals surface area contributed by atoms with Gasteiger partial charge in [0, 0.05) is 12.5 Å². The van der Waals surface area contributed by atoms with E-state index in [1.54, 1.807) is 25.7 Å². The Morgan fingerprint density at radius 3 is 2.86 bits per heavy atom. The lowest BCUT2D eigenvalue weighted by Gasteiger charge is -2.09. The molecule has 74 valence electrons. The maximum absolute atomic E-state index is 5.43. The van der Waals surface area contributed by atoms with Gasteiger partial charge in [-0.25, -0.2) is 10.4 Å². The maximum atomic E-state index is 5.43. The summed E-state index contributed by atoms with van der Waals surface area (Å²) in [5.74, 6) is 6.05. The Kier molecular flexibility index (Phi) is 2.34. The largest absolute Gasteiger partial charge is 0.472 e. The summed E-state index contributed by atoms with van der Waals surface area (Å²) in [6.07, 6.45) is 4.79. The van der Waals surface area contributed by atoms with Gasteiger partial charge in [0.2, 0.25) is 0 Å². The number of hydrazine groups is 1. The van der Waals surface area contributed by atoms with Crippen LogP contribution in [0.15, 0.2) is 33.7 Å². The van der Waals surface area contributed by atoms with Crippen LogP contribution < -0.4 is 11.3 Å². The summed E-state index contributed by atoms with van der Waals surface area (Å²) in [5.41, 5.74) is 4.31. The molecule has 0 aromatic carbocycles. The van der Waals surface area contributed by atoms with Crippen molar-refractivity contribution < 1.29 is 8.83 Å². The van der Waals surface area contributed by atoms with E-state index in [4.69, 9.17) is 14.7 Å². The van der Waals surface area contributed by atoms with Crippen LogP contribution >= 0.6 is 0 Å². The second-order valence-corrected chi connectivity index (χ2v) is 2.95. The third-order valence-corrected chi connectivity index (χ3v) is 1.98. The van der Waals surface area contributed by atoms with E-state index < -0.39 is 0 Å². The Morgan fingerprint density at radius 2 is 2.36 bits per heavy atom. The molecule has 0 bridgehead atoms. The fraction of sp³-hybridized carbons (Fsp3) is 0.222. The lowest BCUT2D eigenvalue weighted by atomic mass is 10.1. The highest BCUT2D eigenvalue weighted by molar-refractivity contribution is 5.21. The van der Waals surface area contributed by atoms with Crippen molar-refractivity contribution in [1.29, 1.82) is 0 Å². The van der Waals surface area contributed by atoms with Gasteiger partial charge in [0.25, 0.3) is 0 Å². The third kappa shape index (κ3) is 1.55. The molecular weight excluding hydrogens is 182 g/mol. The average Bonchev–Trinajstić information content (AvgIpc) is 2.79. The first-order valence-corrected chi connectivity index (χ1v) is 4.21. The molecule has 2 aromatic heterocycles. The van der Waals surface area contributed by atoms with Gasteiger partial charge in [-0.3, -0.25) is 5.84 Å². The molecule has 0 fully saturated rings. The Bertz CT molecular complexity index is 394. The zero-order valence-electron chi connectivity index (χ0n) is 7.73. The van der Waals surface area contributed by atoms with E-state index in [0.29, 0.717) is 5.89 Å². The molecule has 5 nitrogen and oxygen atoms in total. The van der Waals surface area contributed by atoms with Crippen LogP contribution in [0.3, 0.4) is 0 Å². The Balaban J connectivity index is 2.31. The fourth-order valence-electron chi connectivity index (χ4n) is 1.30. The Labute approximate surface area is 80.9 Å². The molecule has 1 unspecified atom stereocenters. The molecule has 0 aliphatic carbocycles. The molecule has 0 amide bonds. The predicted octanol–water partition coefficient (Wildman–Crippen LogP) is 1.13. The van der Waals surface area contributed by atoms with E-state index in [9.17, 15) is 0 Å². The van der Waals surface area contributed by atoms with Crippen molar-refractivity contribution in [2.45, 2.75) is 13.0 Å². The number of oxazole rings is 1. The van der Waals surface area contributed by atoms with Crippen LogP contribution in [0.25, 0.3) is 0 Å². The number of furan rings is 1. The Morgan fingerprint density at radius 1 is 1.50 bits per heavy atom. The van der Waals surface area contributed by atoms with Gasteiger partial charge >= 0.3 is 0 Å². The van der Waals surface area contributed by atoms with E-state index in [0.717, 1.165) is 11.3 Å². The zero-order chi connectivity index (χ0) is 9.97. The smallest absolute Gasteiger partial charge is 0.191 e. The molecule has 1 atom stereocenters. The lowest BCUT2D eigenvalue weighted by molar-refractivity contribution is 0.517. The van der Waals surface area contributed by atoms with Crippen LogP contribution in [0.4, 0.5) is 0 Å². The van der Waals surface area contributed by atoms with Crippen molar-refractivity contribution in [3.05, 3.63) is 42.0 Å². The minimum atomic E-state index is -0.189. The lowest BCUT2D eigenvalue weighted by Crippen LogP contribution is -2.28. The van der Waals surface area contributed by atoms with Crippen molar-refractivity contribution in [2.24, 2.45) is 5.84 Å². The van der Waals surface area contributed by atoms with Gasteiger partial charge in [-0.1, -0.05) is 0 Å². The summed E-state index contributed by atoms with van der Waals surface area (Å²) < 4.78 is 10.1. The number of aryl methyl sites for hydroxylation is 1. The van der Waals surface area contributed by atoms with E-state index in [-0.39, 0.29) is 6.04 Å². The molecule has 0 spiro atoms. The summed E-state index contributed by atoms with van der Waals surface area (Å²) >= 11 is 0. The first kappa shape index (κ1) is 8.98. The van der Waals surface area contributed by atoms with Crippen LogP contribution in [0.2, 0.25) is 0 Å². The highest BCUT2D eigenvalue weighted by Crippen LogP contribution is 2.20. The van der Waals surface area contributed by atoms with Gasteiger partial charge < -0.3 is 8.83 Å². The van der Waals surface area contributed by atoms with E-state index >= 15 is 0 Å². The quantitative estimate of drug-likeness (QED) is 0.564. The SMILES string of the molecule is Cc1nc(C(NN)c2ccoc2)co1. The zero-order valence-corrected chi connectivity index (χ0v) is 7.73. The van der Waals surface area contributed by atoms with Crippen molar-refractivity contribution in [3.63, 3.8) is 0 Å². The van der Waals surface area contributed by atoms with Crippen molar-refractivity contribution in [3.8, 4) is 0 Å². The molecule has 5 heteroatoms. The first-order chi connectivity index (χ1) is 6.81. The fourth-order valence-corrected chi connectivity index (χ4v) is 1.30. The van der Waals surface area contributed by atoms with Crippen molar-refractivity contribution in [2.75, 3.05) is 0 Å². The number of nitrogens with two attached hydrogens (primary N) is 1. The molecular formula is C9H11N3O2. The number of hydrogen-bond acceptors (Lipinski definition) is 5. The molecule has 0 aliphatic heterocycles. The van der Waals surface area contributed by atoms with Gasteiger partial charge in [-0.15, -0.1) is 0 Å². The number of rotatable bonds is 3. The van der Waals surface area contributed by atoms with Gasteiger partial charge in [-0.2, -0.15) is 0 Å². The molecule has 0 aliphatic rings. The van der Waals surface area contributed by atoms with Crippen LogP contribution in [0, 0.1) is 6.92 Å². The number of hydrogen-bond donors (Lipinski definition) is 2.